The van der Waals surface area contributed by atoms with E-state index < -0.39 is 11.7 Å². The highest BCUT2D eigenvalue weighted by Crippen LogP contribution is 2.26. The molecule has 0 heterocycles. The molecular weight excluding hydrogens is 212 g/mol. The first-order valence-electron chi connectivity index (χ1n) is 6.56. The number of aliphatic hydroxyl groups excluding tert-OH is 1. The van der Waals surface area contributed by atoms with Crippen molar-refractivity contribution in [2.24, 2.45) is 11.8 Å². The van der Waals surface area contributed by atoms with E-state index in [9.17, 15) is 10.2 Å². The fraction of sp³-hybridized carbons (Fsp3) is 0.733. The van der Waals surface area contributed by atoms with Crippen molar-refractivity contribution in [1.29, 1.82) is 0 Å². The van der Waals surface area contributed by atoms with E-state index in [4.69, 9.17) is 0 Å². The van der Waals surface area contributed by atoms with Crippen LogP contribution < -0.4 is 0 Å². The zero-order valence-corrected chi connectivity index (χ0v) is 11.5. The molecular formula is C15H26O2. The summed E-state index contributed by atoms with van der Waals surface area (Å²) in [4.78, 5) is 0. The van der Waals surface area contributed by atoms with Crippen LogP contribution in [-0.4, -0.2) is 21.9 Å². The summed E-state index contributed by atoms with van der Waals surface area (Å²) in [6.45, 7) is 7.82. The van der Waals surface area contributed by atoms with E-state index in [1.165, 1.54) is 5.57 Å². The minimum absolute atomic E-state index is 0.357. The van der Waals surface area contributed by atoms with E-state index in [1.54, 1.807) is 13.8 Å². The summed E-state index contributed by atoms with van der Waals surface area (Å²) < 4.78 is 0. The molecule has 0 fully saturated rings. The first kappa shape index (κ1) is 14.5. The molecule has 0 aromatic heterocycles. The third kappa shape index (κ3) is 5.51. The molecule has 0 saturated carbocycles. The van der Waals surface area contributed by atoms with Crippen LogP contribution in [0.25, 0.3) is 0 Å². The van der Waals surface area contributed by atoms with Crippen molar-refractivity contribution in [1.82, 2.24) is 0 Å². The largest absolute Gasteiger partial charge is 0.393 e. The number of aliphatic hydroxyl groups is 2. The molecule has 2 N–H and O–H groups in total. The standard InChI is InChI=1S/C15H26O2/c1-11-5-7-13(8-6-11)12(2)9-14(16)10-15(3,4)17/h5,7-8,11-12,14,16-17H,6,9-10H2,1-4H3/t11?,12-,14?/m0/s1. The Hall–Kier alpha value is -0.600. The van der Waals surface area contributed by atoms with E-state index in [0.717, 1.165) is 6.42 Å². The van der Waals surface area contributed by atoms with Gasteiger partial charge >= 0.3 is 0 Å². The van der Waals surface area contributed by atoms with Crippen LogP contribution in [0.2, 0.25) is 0 Å². The van der Waals surface area contributed by atoms with Crippen molar-refractivity contribution >= 4 is 0 Å². The monoisotopic (exact) mass is 238 g/mol. The summed E-state index contributed by atoms with van der Waals surface area (Å²) in [6, 6.07) is 0. The lowest BCUT2D eigenvalue weighted by atomic mass is 9.86. The second-order valence-electron chi connectivity index (χ2n) is 6.08. The Morgan fingerprint density at radius 3 is 2.59 bits per heavy atom. The highest BCUT2D eigenvalue weighted by atomic mass is 16.3. The van der Waals surface area contributed by atoms with Gasteiger partial charge < -0.3 is 10.2 Å². The summed E-state index contributed by atoms with van der Waals surface area (Å²) in [5.74, 6) is 0.989. The van der Waals surface area contributed by atoms with Gasteiger partial charge in [0.2, 0.25) is 0 Å². The van der Waals surface area contributed by atoms with Gasteiger partial charge in [0.15, 0.2) is 0 Å². The van der Waals surface area contributed by atoms with Gasteiger partial charge in [-0.25, -0.2) is 0 Å². The maximum atomic E-state index is 9.93. The van der Waals surface area contributed by atoms with Crippen molar-refractivity contribution in [2.75, 3.05) is 0 Å². The molecule has 0 bridgehead atoms. The van der Waals surface area contributed by atoms with Crippen LogP contribution in [0.5, 0.6) is 0 Å². The molecule has 0 radical (unpaired) electrons. The van der Waals surface area contributed by atoms with Crippen LogP contribution in [0.4, 0.5) is 0 Å². The van der Waals surface area contributed by atoms with Gasteiger partial charge in [0.1, 0.15) is 0 Å². The summed E-state index contributed by atoms with van der Waals surface area (Å²) in [5, 5.41) is 19.6. The van der Waals surface area contributed by atoms with Gasteiger partial charge in [0, 0.05) is 6.42 Å². The zero-order valence-electron chi connectivity index (χ0n) is 11.5. The van der Waals surface area contributed by atoms with Crippen LogP contribution in [0.3, 0.4) is 0 Å². The first-order chi connectivity index (χ1) is 7.78. The number of hydrogen-bond donors (Lipinski definition) is 2. The molecule has 1 rings (SSSR count). The molecule has 1 aliphatic rings. The molecule has 0 saturated heterocycles. The van der Waals surface area contributed by atoms with Gasteiger partial charge in [-0.05, 0) is 44.1 Å². The summed E-state index contributed by atoms with van der Waals surface area (Å²) >= 11 is 0. The fourth-order valence-corrected chi connectivity index (χ4v) is 2.31. The number of allylic oxidation sites excluding steroid dienone is 4. The Balaban J connectivity index is 2.44. The summed E-state index contributed by atoms with van der Waals surface area (Å²) in [6.07, 6.45) is 8.49. The highest BCUT2D eigenvalue weighted by molar-refractivity contribution is 5.25. The molecule has 1 aliphatic carbocycles. The fourth-order valence-electron chi connectivity index (χ4n) is 2.31. The first-order valence-corrected chi connectivity index (χ1v) is 6.56. The van der Waals surface area contributed by atoms with E-state index in [-0.39, 0.29) is 0 Å². The van der Waals surface area contributed by atoms with E-state index in [2.05, 4.69) is 32.1 Å². The van der Waals surface area contributed by atoms with Gasteiger partial charge in [-0.15, -0.1) is 0 Å². The van der Waals surface area contributed by atoms with Crippen LogP contribution in [-0.2, 0) is 0 Å². The van der Waals surface area contributed by atoms with Crippen LogP contribution >= 0.6 is 0 Å². The van der Waals surface area contributed by atoms with E-state index in [0.29, 0.717) is 24.7 Å². The van der Waals surface area contributed by atoms with Gasteiger partial charge in [-0.1, -0.05) is 32.1 Å². The third-order valence-corrected chi connectivity index (χ3v) is 3.27. The van der Waals surface area contributed by atoms with Crippen LogP contribution in [0.1, 0.15) is 47.0 Å². The predicted molar refractivity (Wildman–Crippen MR) is 71.7 cm³/mol. The van der Waals surface area contributed by atoms with Crippen molar-refractivity contribution < 1.29 is 10.2 Å². The molecule has 98 valence electrons. The maximum Gasteiger partial charge on any atom is 0.0616 e. The van der Waals surface area contributed by atoms with Crippen LogP contribution in [0.15, 0.2) is 23.8 Å². The predicted octanol–water partition coefficient (Wildman–Crippen LogP) is 3.06. The molecule has 2 unspecified atom stereocenters. The quantitative estimate of drug-likeness (QED) is 0.773. The van der Waals surface area contributed by atoms with E-state index in [1.807, 2.05) is 0 Å². The topological polar surface area (TPSA) is 40.5 Å². The van der Waals surface area contributed by atoms with Crippen molar-refractivity contribution in [3.05, 3.63) is 23.8 Å². The average molecular weight is 238 g/mol. The smallest absolute Gasteiger partial charge is 0.0616 e. The molecule has 3 atom stereocenters. The Morgan fingerprint density at radius 1 is 1.47 bits per heavy atom. The molecule has 17 heavy (non-hydrogen) atoms. The second kappa shape index (κ2) is 5.83. The SMILES string of the molecule is CC1C=CC([C@@H](C)CC(O)CC(C)(C)O)=CC1. The lowest BCUT2D eigenvalue weighted by Gasteiger charge is -2.25. The maximum absolute atomic E-state index is 9.93. The molecule has 2 heteroatoms. The second-order valence-corrected chi connectivity index (χ2v) is 6.08. The van der Waals surface area contributed by atoms with Crippen LogP contribution in [0, 0.1) is 11.8 Å². The van der Waals surface area contributed by atoms with Gasteiger partial charge in [0.05, 0.1) is 11.7 Å². The number of rotatable bonds is 5. The van der Waals surface area contributed by atoms with Gasteiger partial charge in [-0.2, -0.15) is 0 Å². The Labute approximate surface area is 105 Å². The lowest BCUT2D eigenvalue weighted by Crippen LogP contribution is -2.27. The third-order valence-electron chi connectivity index (χ3n) is 3.27. The minimum Gasteiger partial charge on any atom is -0.393 e. The molecule has 0 spiro atoms. The molecule has 0 aromatic carbocycles. The molecule has 0 amide bonds. The summed E-state index contributed by atoms with van der Waals surface area (Å²) in [5.41, 5.74) is 0.530. The van der Waals surface area contributed by atoms with Crippen molar-refractivity contribution in [2.45, 2.75) is 58.7 Å². The Bertz CT molecular complexity index is 297. The molecule has 0 aromatic rings. The highest BCUT2D eigenvalue weighted by Gasteiger charge is 2.21. The average Bonchev–Trinajstić information content (AvgIpc) is 2.15. The Kier molecular flexibility index (Phi) is 4.96. The van der Waals surface area contributed by atoms with Crippen molar-refractivity contribution in [3.8, 4) is 0 Å². The van der Waals surface area contributed by atoms with Crippen molar-refractivity contribution in [3.63, 3.8) is 0 Å². The van der Waals surface area contributed by atoms with E-state index >= 15 is 0 Å². The van der Waals surface area contributed by atoms with Gasteiger partial charge in [-0.3, -0.25) is 0 Å². The molecule has 2 nitrogen and oxygen atoms in total. The normalized spacial score (nSPS) is 24.4. The number of hydrogen-bond acceptors (Lipinski definition) is 2. The minimum atomic E-state index is -0.787. The molecule has 0 aliphatic heterocycles. The zero-order chi connectivity index (χ0) is 13.1. The Morgan fingerprint density at radius 2 is 2.12 bits per heavy atom. The van der Waals surface area contributed by atoms with Gasteiger partial charge in [0.25, 0.3) is 0 Å². The lowest BCUT2D eigenvalue weighted by molar-refractivity contribution is 0.0126. The summed E-state index contributed by atoms with van der Waals surface area (Å²) in [7, 11) is 0.